The van der Waals surface area contributed by atoms with Crippen LogP contribution in [-0.4, -0.2) is 27.6 Å². The third-order valence-electron chi connectivity index (χ3n) is 4.51. The van der Waals surface area contributed by atoms with Crippen molar-refractivity contribution in [1.82, 2.24) is 14.7 Å². The van der Waals surface area contributed by atoms with Gasteiger partial charge in [-0.05, 0) is 48.9 Å². The Morgan fingerprint density at radius 3 is 2.41 bits per heavy atom. The third kappa shape index (κ3) is 4.68. The van der Waals surface area contributed by atoms with Gasteiger partial charge in [0.2, 0.25) is 0 Å². The molecule has 2 aromatic carbocycles. The minimum Gasteiger partial charge on any atom is -0.489 e. The molecule has 27 heavy (non-hydrogen) atoms. The third-order valence-corrected chi connectivity index (χ3v) is 4.76. The lowest BCUT2D eigenvalue weighted by Gasteiger charge is -2.17. The second kappa shape index (κ2) is 8.27. The summed E-state index contributed by atoms with van der Waals surface area (Å²) in [6.07, 6.45) is 1.80. The summed E-state index contributed by atoms with van der Waals surface area (Å²) in [5.41, 5.74) is 3.74. The Morgan fingerprint density at radius 2 is 1.81 bits per heavy atom. The first-order chi connectivity index (χ1) is 12.9. The first-order valence-electron chi connectivity index (χ1n) is 8.64. The van der Waals surface area contributed by atoms with Gasteiger partial charge in [0.25, 0.3) is 5.91 Å². The van der Waals surface area contributed by atoms with Crippen molar-refractivity contribution in [2.75, 3.05) is 7.05 Å². The van der Waals surface area contributed by atoms with Crippen LogP contribution in [0.4, 0.5) is 0 Å². The lowest BCUT2D eigenvalue weighted by Crippen LogP contribution is -2.26. The van der Waals surface area contributed by atoms with Crippen LogP contribution in [0.15, 0.2) is 54.7 Å². The SMILES string of the molecule is Cc1c(CN(C)C(=O)c2ccc(COc3ccc(Cl)cc3)cc2)cnn1C. The molecule has 6 heteroatoms. The monoisotopic (exact) mass is 383 g/mol. The van der Waals surface area contributed by atoms with E-state index in [1.54, 1.807) is 30.3 Å². The highest BCUT2D eigenvalue weighted by Crippen LogP contribution is 2.17. The van der Waals surface area contributed by atoms with Crippen molar-refractivity contribution >= 4 is 17.5 Å². The van der Waals surface area contributed by atoms with Crippen molar-refractivity contribution in [2.24, 2.45) is 7.05 Å². The van der Waals surface area contributed by atoms with Gasteiger partial charge in [-0.15, -0.1) is 0 Å². The number of hydrogen-bond donors (Lipinski definition) is 0. The van der Waals surface area contributed by atoms with Crippen molar-refractivity contribution in [3.05, 3.63) is 82.1 Å². The summed E-state index contributed by atoms with van der Waals surface area (Å²) >= 11 is 5.87. The fourth-order valence-corrected chi connectivity index (χ4v) is 2.81. The van der Waals surface area contributed by atoms with Crippen molar-refractivity contribution in [1.29, 1.82) is 0 Å². The molecule has 3 rings (SSSR count). The van der Waals surface area contributed by atoms with Gasteiger partial charge in [0.1, 0.15) is 12.4 Å². The maximum atomic E-state index is 12.6. The van der Waals surface area contributed by atoms with Crippen LogP contribution in [0.1, 0.15) is 27.2 Å². The average molecular weight is 384 g/mol. The Bertz CT molecular complexity index is 918. The van der Waals surface area contributed by atoms with E-state index in [4.69, 9.17) is 16.3 Å². The summed E-state index contributed by atoms with van der Waals surface area (Å²) in [7, 11) is 3.69. The molecule has 0 saturated carbocycles. The van der Waals surface area contributed by atoms with Gasteiger partial charge < -0.3 is 9.64 Å². The molecule has 0 bridgehead atoms. The molecular formula is C21H22ClN3O2. The summed E-state index contributed by atoms with van der Waals surface area (Å²) < 4.78 is 7.53. The lowest BCUT2D eigenvalue weighted by atomic mass is 10.1. The number of rotatable bonds is 6. The standard InChI is InChI=1S/C21H22ClN3O2/c1-15-18(12-23-25(15)3)13-24(2)21(26)17-6-4-16(5-7-17)14-27-20-10-8-19(22)9-11-20/h4-12H,13-14H2,1-3H3. The number of aromatic nitrogens is 2. The topological polar surface area (TPSA) is 47.4 Å². The van der Waals surface area contributed by atoms with E-state index in [0.29, 0.717) is 23.7 Å². The highest BCUT2D eigenvalue weighted by atomic mass is 35.5. The van der Waals surface area contributed by atoms with E-state index < -0.39 is 0 Å². The highest BCUT2D eigenvalue weighted by molar-refractivity contribution is 6.30. The number of carbonyl (C=O) groups is 1. The largest absolute Gasteiger partial charge is 0.489 e. The molecule has 1 aromatic heterocycles. The van der Waals surface area contributed by atoms with Crippen LogP contribution in [0.2, 0.25) is 5.02 Å². The fourth-order valence-electron chi connectivity index (χ4n) is 2.69. The molecule has 0 saturated heterocycles. The molecule has 0 N–H and O–H groups in total. The second-order valence-corrected chi connectivity index (χ2v) is 6.92. The molecule has 0 spiro atoms. The zero-order valence-corrected chi connectivity index (χ0v) is 16.4. The molecule has 140 valence electrons. The number of amides is 1. The summed E-state index contributed by atoms with van der Waals surface area (Å²) in [4.78, 5) is 14.3. The molecule has 0 aliphatic heterocycles. The number of ether oxygens (including phenoxy) is 1. The molecule has 0 fully saturated rings. The van der Waals surface area contributed by atoms with Crippen LogP contribution < -0.4 is 4.74 Å². The molecule has 1 amide bonds. The molecule has 0 aliphatic rings. The van der Waals surface area contributed by atoms with Gasteiger partial charge in [0.15, 0.2) is 0 Å². The minimum atomic E-state index is -0.0246. The van der Waals surface area contributed by atoms with E-state index in [1.807, 2.05) is 55.1 Å². The smallest absolute Gasteiger partial charge is 0.253 e. The number of carbonyl (C=O) groups excluding carboxylic acids is 1. The zero-order valence-electron chi connectivity index (χ0n) is 15.6. The summed E-state index contributed by atoms with van der Waals surface area (Å²) in [6, 6.07) is 14.7. The van der Waals surface area contributed by atoms with Gasteiger partial charge in [-0.3, -0.25) is 9.48 Å². The lowest BCUT2D eigenvalue weighted by molar-refractivity contribution is 0.0785. The van der Waals surface area contributed by atoms with Gasteiger partial charge in [0, 0.05) is 42.5 Å². The first kappa shape index (κ1) is 19.0. The molecule has 0 aliphatic carbocycles. The Morgan fingerprint density at radius 1 is 1.15 bits per heavy atom. The average Bonchev–Trinajstić information content (AvgIpc) is 2.99. The Labute approximate surface area is 164 Å². The number of aryl methyl sites for hydroxylation is 1. The second-order valence-electron chi connectivity index (χ2n) is 6.48. The van der Waals surface area contributed by atoms with E-state index in [2.05, 4.69) is 5.10 Å². The molecule has 0 radical (unpaired) electrons. The molecule has 1 heterocycles. The molecule has 3 aromatic rings. The molecule has 0 atom stereocenters. The normalized spacial score (nSPS) is 10.7. The van der Waals surface area contributed by atoms with Crippen molar-refractivity contribution in [2.45, 2.75) is 20.1 Å². The fraction of sp³-hybridized carbons (Fsp3) is 0.238. The van der Waals surface area contributed by atoms with E-state index in [0.717, 1.165) is 22.6 Å². The van der Waals surface area contributed by atoms with Gasteiger partial charge in [-0.25, -0.2) is 0 Å². The predicted octanol–water partition coefficient (Wildman–Crippen LogP) is 4.23. The van der Waals surface area contributed by atoms with Gasteiger partial charge >= 0.3 is 0 Å². The molecule has 0 unspecified atom stereocenters. The number of hydrogen-bond acceptors (Lipinski definition) is 3. The maximum absolute atomic E-state index is 12.6. The van der Waals surface area contributed by atoms with E-state index in [9.17, 15) is 4.79 Å². The Kier molecular flexibility index (Phi) is 5.81. The Hall–Kier alpha value is -2.79. The van der Waals surface area contributed by atoms with E-state index in [-0.39, 0.29) is 5.91 Å². The van der Waals surface area contributed by atoms with Crippen LogP contribution in [-0.2, 0) is 20.2 Å². The van der Waals surface area contributed by atoms with Gasteiger partial charge in [-0.2, -0.15) is 5.10 Å². The summed E-state index contributed by atoms with van der Waals surface area (Å²) in [5.74, 6) is 0.731. The highest BCUT2D eigenvalue weighted by Gasteiger charge is 2.14. The van der Waals surface area contributed by atoms with Crippen LogP contribution in [0.3, 0.4) is 0 Å². The Balaban J connectivity index is 1.59. The van der Waals surface area contributed by atoms with E-state index >= 15 is 0 Å². The molecular weight excluding hydrogens is 362 g/mol. The first-order valence-corrected chi connectivity index (χ1v) is 9.02. The van der Waals surface area contributed by atoms with Crippen molar-refractivity contribution < 1.29 is 9.53 Å². The number of halogens is 1. The van der Waals surface area contributed by atoms with Gasteiger partial charge in [0.05, 0.1) is 6.20 Å². The summed E-state index contributed by atoms with van der Waals surface area (Å²) in [5, 5.41) is 4.90. The van der Waals surface area contributed by atoms with Gasteiger partial charge in [-0.1, -0.05) is 23.7 Å². The van der Waals surface area contributed by atoms with Crippen molar-refractivity contribution in [3.63, 3.8) is 0 Å². The van der Waals surface area contributed by atoms with Crippen molar-refractivity contribution in [3.8, 4) is 5.75 Å². The van der Waals surface area contributed by atoms with Crippen LogP contribution in [0.5, 0.6) is 5.75 Å². The zero-order chi connectivity index (χ0) is 19.4. The van der Waals surface area contributed by atoms with Crippen LogP contribution in [0.25, 0.3) is 0 Å². The predicted molar refractivity (Wildman–Crippen MR) is 106 cm³/mol. The van der Waals surface area contributed by atoms with E-state index in [1.165, 1.54) is 0 Å². The number of benzene rings is 2. The quantitative estimate of drug-likeness (QED) is 0.639. The minimum absolute atomic E-state index is 0.0246. The molecule has 5 nitrogen and oxygen atoms in total. The summed E-state index contributed by atoms with van der Waals surface area (Å²) in [6.45, 7) is 2.96. The number of nitrogens with zero attached hydrogens (tertiary/aromatic N) is 3. The maximum Gasteiger partial charge on any atom is 0.253 e. The van der Waals surface area contributed by atoms with Crippen LogP contribution >= 0.6 is 11.6 Å². The van der Waals surface area contributed by atoms with Crippen LogP contribution in [0, 0.1) is 6.92 Å².